The van der Waals surface area contributed by atoms with Gasteiger partial charge in [-0.3, -0.25) is 0 Å². The van der Waals surface area contributed by atoms with Crippen LogP contribution < -0.4 is 10.0 Å². The van der Waals surface area contributed by atoms with E-state index in [0.717, 1.165) is 38.5 Å². The molecule has 0 spiro atoms. The summed E-state index contributed by atoms with van der Waals surface area (Å²) >= 11 is 0. The lowest BCUT2D eigenvalue weighted by molar-refractivity contribution is 0.393. The van der Waals surface area contributed by atoms with Crippen LogP contribution in [-0.2, 0) is 10.0 Å². The minimum atomic E-state index is -3.08. The van der Waals surface area contributed by atoms with Gasteiger partial charge in [0.1, 0.15) is 0 Å². The third kappa shape index (κ3) is 6.34. The maximum atomic E-state index is 10.9. The molecule has 0 bridgehead atoms. The van der Waals surface area contributed by atoms with E-state index in [9.17, 15) is 8.42 Å². The Labute approximate surface area is 110 Å². The van der Waals surface area contributed by atoms with Gasteiger partial charge in [0.2, 0.25) is 10.0 Å². The highest BCUT2D eigenvalue weighted by molar-refractivity contribution is 7.88. The first kappa shape index (κ1) is 15.4. The monoisotopic (exact) mass is 273 g/mol. The van der Waals surface area contributed by atoms with Crippen LogP contribution in [-0.4, -0.2) is 33.8 Å². The van der Waals surface area contributed by atoms with Gasteiger partial charge in [0.25, 0.3) is 0 Å². The lowest BCUT2D eigenvalue weighted by atomic mass is 9.96. The van der Waals surface area contributed by atoms with Gasteiger partial charge in [-0.25, -0.2) is 13.1 Å². The van der Waals surface area contributed by atoms with Crippen molar-refractivity contribution in [3.63, 3.8) is 0 Å². The lowest BCUT2D eigenvalue weighted by Gasteiger charge is -2.20. The summed E-state index contributed by atoms with van der Waals surface area (Å²) < 4.78 is 24.2. The molecule has 1 fully saturated rings. The second-order valence-electron chi connectivity index (χ2n) is 4.95. The van der Waals surface area contributed by atoms with E-state index in [0.29, 0.717) is 6.54 Å². The molecule has 6 heteroatoms. The zero-order chi connectivity index (χ0) is 13.4. The van der Waals surface area contributed by atoms with E-state index < -0.39 is 10.0 Å². The first-order valence-corrected chi connectivity index (χ1v) is 8.50. The second kappa shape index (κ2) is 7.72. The Balaban J connectivity index is 2.22. The Kier molecular flexibility index (Phi) is 6.61. The quantitative estimate of drug-likeness (QED) is 0.558. The van der Waals surface area contributed by atoms with E-state index in [4.69, 9.17) is 5.26 Å². The first-order chi connectivity index (χ1) is 8.53. The number of nitrogens with zero attached hydrogens (tertiary/aromatic N) is 1. The Morgan fingerprint density at radius 3 is 2.61 bits per heavy atom. The molecule has 0 radical (unpaired) electrons. The summed E-state index contributed by atoms with van der Waals surface area (Å²) in [5, 5.41) is 12.5. The number of nitriles is 1. The number of nitrogens with one attached hydrogen (secondary N) is 2. The third-order valence-electron chi connectivity index (χ3n) is 3.31. The predicted molar refractivity (Wildman–Crippen MR) is 71.4 cm³/mol. The van der Waals surface area contributed by atoms with Crippen molar-refractivity contribution in [3.05, 3.63) is 0 Å². The number of hydrogen-bond acceptors (Lipinski definition) is 4. The molecule has 2 unspecified atom stereocenters. The molecule has 1 aliphatic rings. The first-order valence-electron chi connectivity index (χ1n) is 6.60. The summed E-state index contributed by atoms with van der Waals surface area (Å²) in [5.41, 5.74) is 0. The minimum Gasteiger partial charge on any atom is -0.313 e. The van der Waals surface area contributed by atoms with Gasteiger partial charge in [-0.05, 0) is 25.8 Å². The molecule has 2 atom stereocenters. The van der Waals surface area contributed by atoms with Crippen LogP contribution in [0.15, 0.2) is 0 Å². The molecule has 5 nitrogen and oxygen atoms in total. The van der Waals surface area contributed by atoms with E-state index in [1.165, 1.54) is 12.8 Å². The predicted octanol–water partition coefficient (Wildman–Crippen LogP) is 0.988. The summed E-state index contributed by atoms with van der Waals surface area (Å²) in [5.74, 6) is 0.107. The fourth-order valence-electron chi connectivity index (χ4n) is 2.34. The topological polar surface area (TPSA) is 82.0 Å². The molecule has 0 aliphatic heterocycles. The average molecular weight is 273 g/mol. The minimum absolute atomic E-state index is 0.107. The second-order valence-corrected chi connectivity index (χ2v) is 6.79. The standard InChI is InChI=1S/C12H23N3O2S/c1-18(16,17)15-9-5-8-14-12-7-4-2-3-6-11(12)10-13/h11-12,14-15H,2-9H2,1H3. The summed E-state index contributed by atoms with van der Waals surface area (Å²) in [4.78, 5) is 0. The van der Waals surface area contributed by atoms with Crippen LogP contribution in [0.1, 0.15) is 38.5 Å². The van der Waals surface area contributed by atoms with Crippen molar-refractivity contribution < 1.29 is 8.42 Å². The highest BCUT2D eigenvalue weighted by Crippen LogP contribution is 2.22. The maximum Gasteiger partial charge on any atom is 0.208 e. The van der Waals surface area contributed by atoms with Crippen molar-refractivity contribution in [2.45, 2.75) is 44.6 Å². The van der Waals surface area contributed by atoms with Crippen LogP contribution in [0.3, 0.4) is 0 Å². The van der Waals surface area contributed by atoms with Crippen LogP contribution in [0.25, 0.3) is 0 Å². The van der Waals surface area contributed by atoms with Gasteiger partial charge in [0.15, 0.2) is 0 Å². The van der Waals surface area contributed by atoms with Gasteiger partial charge in [0, 0.05) is 12.6 Å². The van der Waals surface area contributed by atoms with Crippen molar-refractivity contribution in [2.75, 3.05) is 19.3 Å². The Hall–Kier alpha value is -0.640. The molecular formula is C12H23N3O2S. The lowest BCUT2D eigenvalue weighted by Crippen LogP contribution is -2.37. The Morgan fingerprint density at radius 1 is 1.22 bits per heavy atom. The fraction of sp³-hybridized carbons (Fsp3) is 0.917. The van der Waals surface area contributed by atoms with E-state index in [1.54, 1.807) is 0 Å². The molecule has 104 valence electrons. The zero-order valence-corrected chi connectivity index (χ0v) is 11.8. The summed E-state index contributed by atoms with van der Waals surface area (Å²) in [6, 6.07) is 2.66. The van der Waals surface area contributed by atoms with Crippen LogP contribution >= 0.6 is 0 Å². The van der Waals surface area contributed by atoms with Crippen molar-refractivity contribution >= 4 is 10.0 Å². The molecule has 1 saturated carbocycles. The van der Waals surface area contributed by atoms with Crippen molar-refractivity contribution in [2.24, 2.45) is 5.92 Å². The van der Waals surface area contributed by atoms with E-state index >= 15 is 0 Å². The molecule has 0 aromatic rings. The highest BCUT2D eigenvalue weighted by atomic mass is 32.2. The number of hydrogen-bond donors (Lipinski definition) is 2. The Bertz CT molecular complexity index is 375. The third-order valence-corrected chi connectivity index (χ3v) is 4.03. The van der Waals surface area contributed by atoms with E-state index in [2.05, 4.69) is 16.1 Å². The maximum absolute atomic E-state index is 10.9. The fourth-order valence-corrected chi connectivity index (χ4v) is 2.86. The highest BCUT2D eigenvalue weighted by Gasteiger charge is 2.22. The number of rotatable bonds is 6. The largest absolute Gasteiger partial charge is 0.313 e. The SMILES string of the molecule is CS(=O)(=O)NCCCNC1CCCCCC1C#N. The van der Waals surface area contributed by atoms with Gasteiger partial charge >= 0.3 is 0 Å². The molecule has 1 rings (SSSR count). The summed E-state index contributed by atoms with van der Waals surface area (Å²) in [6.45, 7) is 1.21. The normalized spacial score (nSPS) is 25.3. The molecule has 1 aliphatic carbocycles. The van der Waals surface area contributed by atoms with E-state index in [-0.39, 0.29) is 12.0 Å². The van der Waals surface area contributed by atoms with Gasteiger partial charge in [-0.15, -0.1) is 0 Å². The van der Waals surface area contributed by atoms with Crippen molar-refractivity contribution in [1.82, 2.24) is 10.0 Å². The van der Waals surface area contributed by atoms with Crippen molar-refractivity contribution in [1.29, 1.82) is 5.26 Å². The smallest absolute Gasteiger partial charge is 0.208 e. The Morgan fingerprint density at radius 2 is 1.94 bits per heavy atom. The molecule has 0 aromatic heterocycles. The van der Waals surface area contributed by atoms with Gasteiger partial charge in [-0.2, -0.15) is 5.26 Å². The van der Waals surface area contributed by atoms with Crippen LogP contribution in [0, 0.1) is 17.2 Å². The molecular weight excluding hydrogens is 250 g/mol. The molecule has 2 N–H and O–H groups in total. The molecule has 18 heavy (non-hydrogen) atoms. The zero-order valence-electron chi connectivity index (χ0n) is 11.0. The van der Waals surface area contributed by atoms with E-state index in [1.807, 2.05) is 0 Å². The van der Waals surface area contributed by atoms with Gasteiger partial charge < -0.3 is 5.32 Å². The molecule has 0 aromatic carbocycles. The van der Waals surface area contributed by atoms with Crippen LogP contribution in [0.2, 0.25) is 0 Å². The van der Waals surface area contributed by atoms with Crippen LogP contribution in [0.4, 0.5) is 0 Å². The van der Waals surface area contributed by atoms with Gasteiger partial charge in [0.05, 0.1) is 18.2 Å². The van der Waals surface area contributed by atoms with Gasteiger partial charge in [-0.1, -0.05) is 19.3 Å². The van der Waals surface area contributed by atoms with Crippen LogP contribution in [0.5, 0.6) is 0 Å². The number of sulfonamides is 1. The summed E-state index contributed by atoms with van der Waals surface area (Å²) in [6.07, 6.45) is 7.49. The summed E-state index contributed by atoms with van der Waals surface area (Å²) in [7, 11) is -3.08. The molecule has 0 saturated heterocycles. The average Bonchev–Trinajstić information content (AvgIpc) is 2.52. The van der Waals surface area contributed by atoms with Crippen molar-refractivity contribution in [3.8, 4) is 6.07 Å². The molecule has 0 heterocycles. The molecule has 0 amide bonds.